The quantitative estimate of drug-likeness (QED) is 0.621. The largest absolute Gasteiger partial charge is 0.482 e. The number of nitrogens with two attached hydrogens (primary N) is 1. The number of anilines is 1. The van der Waals surface area contributed by atoms with E-state index in [1.807, 2.05) is 0 Å². The number of ether oxygens (including phenoxy) is 1. The van der Waals surface area contributed by atoms with Gasteiger partial charge in [0.1, 0.15) is 11.4 Å². The van der Waals surface area contributed by atoms with Crippen molar-refractivity contribution < 1.29 is 4.74 Å². The molecular weight excluding hydrogens is 340 g/mol. The van der Waals surface area contributed by atoms with Crippen LogP contribution < -0.4 is 10.5 Å². The molecule has 4 rings (SSSR count). The molecule has 2 aromatic carbocycles. The summed E-state index contributed by atoms with van der Waals surface area (Å²) in [6.45, 7) is 8.33. The summed E-state index contributed by atoms with van der Waals surface area (Å²) in [5, 5.41) is 0.566. The summed E-state index contributed by atoms with van der Waals surface area (Å²) in [6, 6.07) is 12.7. The molecule has 0 spiro atoms. The summed E-state index contributed by atoms with van der Waals surface area (Å²) in [7, 11) is 0. The van der Waals surface area contributed by atoms with E-state index in [-0.39, 0.29) is 5.60 Å². The van der Waals surface area contributed by atoms with E-state index in [9.17, 15) is 0 Å². The zero-order valence-electron chi connectivity index (χ0n) is 15.5. The first-order chi connectivity index (χ1) is 12.3. The number of thiazole rings is 1. The van der Waals surface area contributed by atoms with Crippen molar-refractivity contribution in [2.45, 2.75) is 33.3 Å². The molecule has 132 valence electrons. The molecule has 3 aromatic rings. The van der Waals surface area contributed by atoms with Crippen LogP contribution in [0.1, 0.15) is 30.5 Å². The molecule has 4 heteroatoms. The van der Waals surface area contributed by atoms with Gasteiger partial charge in [-0.3, -0.25) is 0 Å². The number of aryl methyl sites for hydroxylation is 2. The van der Waals surface area contributed by atoms with E-state index in [2.05, 4.69) is 81.2 Å². The molecule has 0 saturated carbocycles. The van der Waals surface area contributed by atoms with E-state index in [4.69, 9.17) is 10.5 Å². The van der Waals surface area contributed by atoms with Crippen molar-refractivity contribution in [3.8, 4) is 27.4 Å². The standard InChI is InChI=1S/C22H22N2OS/c1-13-6-5-7-15(12-13)20-18(24-21(23)26-20)17-9-8-14(2)16-10-11-22(3,4)25-19(16)17/h5-12H,1-4H3,(H2,23,24). The molecule has 3 nitrogen and oxygen atoms in total. The maximum absolute atomic E-state index is 6.35. The number of fused-ring (bicyclic) bond motifs is 1. The van der Waals surface area contributed by atoms with Crippen LogP contribution in [0.3, 0.4) is 0 Å². The highest BCUT2D eigenvalue weighted by molar-refractivity contribution is 7.19. The molecule has 0 bridgehead atoms. The summed E-state index contributed by atoms with van der Waals surface area (Å²) >= 11 is 1.52. The SMILES string of the molecule is Cc1cccc(-c2sc(N)nc2-c2ccc(C)c3c2OC(C)(C)C=C3)c1. The topological polar surface area (TPSA) is 48.1 Å². The third-order valence-corrected chi connectivity index (χ3v) is 5.54. The van der Waals surface area contributed by atoms with E-state index < -0.39 is 0 Å². The maximum atomic E-state index is 6.35. The lowest BCUT2D eigenvalue weighted by atomic mass is 9.94. The average Bonchev–Trinajstić information content (AvgIpc) is 2.96. The van der Waals surface area contributed by atoms with Crippen molar-refractivity contribution in [1.29, 1.82) is 0 Å². The first kappa shape index (κ1) is 16.9. The molecule has 1 aliphatic rings. The van der Waals surface area contributed by atoms with Gasteiger partial charge in [-0.15, -0.1) is 0 Å². The lowest BCUT2D eigenvalue weighted by Gasteiger charge is -2.30. The fourth-order valence-electron chi connectivity index (χ4n) is 3.28. The number of hydrogen-bond acceptors (Lipinski definition) is 4. The summed E-state index contributed by atoms with van der Waals surface area (Å²) in [6.07, 6.45) is 4.25. The van der Waals surface area contributed by atoms with Crippen LogP contribution in [-0.4, -0.2) is 10.6 Å². The second kappa shape index (κ2) is 5.99. The van der Waals surface area contributed by atoms with Gasteiger partial charge < -0.3 is 10.5 Å². The van der Waals surface area contributed by atoms with Crippen molar-refractivity contribution in [1.82, 2.24) is 4.98 Å². The molecule has 0 fully saturated rings. The van der Waals surface area contributed by atoms with Crippen LogP contribution in [0, 0.1) is 13.8 Å². The summed E-state index contributed by atoms with van der Waals surface area (Å²) < 4.78 is 6.35. The minimum Gasteiger partial charge on any atom is -0.482 e. The Morgan fingerprint density at radius 2 is 1.92 bits per heavy atom. The van der Waals surface area contributed by atoms with Gasteiger partial charge in [0.2, 0.25) is 0 Å². The van der Waals surface area contributed by atoms with E-state index in [1.165, 1.54) is 22.5 Å². The van der Waals surface area contributed by atoms with Gasteiger partial charge in [0.05, 0.1) is 10.6 Å². The molecule has 0 atom stereocenters. The van der Waals surface area contributed by atoms with Crippen LogP contribution in [-0.2, 0) is 0 Å². The molecule has 0 radical (unpaired) electrons. The first-order valence-electron chi connectivity index (χ1n) is 8.70. The van der Waals surface area contributed by atoms with Crippen LogP contribution in [0.25, 0.3) is 27.8 Å². The summed E-state index contributed by atoms with van der Waals surface area (Å²) in [5.41, 5.74) is 12.3. The number of rotatable bonds is 2. The van der Waals surface area contributed by atoms with Gasteiger partial charge in [-0.1, -0.05) is 53.3 Å². The third kappa shape index (κ3) is 2.90. The Balaban J connectivity index is 1.95. The highest BCUT2D eigenvalue weighted by Crippen LogP contribution is 2.46. The van der Waals surface area contributed by atoms with E-state index in [0.29, 0.717) is 5.13 Å². The van der Waals surface area contributed by atoms with Crippen LogP contribution in [0.4, 0.5) is 5.13 Å². The molecule has 2 N–H and O–H groups in total. The molecule has 1 aromatic heterocycles. The molecular formula is C22H22N2OS. The Morgan fingerprint density at radius 3 is 2.69 bits per heavy atom. The molecule has 1 aliphatic heterocycles. The summed E-state index contributed by atoms with van der Waals surface area (Å²) in [4.78, 5) is 5.74. The Kier molecular flexibility index (Phi) is 3.88. The second-order valence-electron chi connectivity index (χ2n) is 7.31. The first-order valence-corrected chi connectivity index (χ1v) is 9.51. The van der Waals surface area contributed by atoms with Crippen LogP contribution in [0.5, 0.6) is 5.75 Å². The minimum atomic E-state index is -0.347. The van der Waals surface area contributed by atoms with Gasteiger partial charge in [0.25, 0.3) is 0 Å². The van der Waals surface area contributed by atoms with E-state index in [1.54, 1.807) is 0 Å². The number of aromatic nitrogens is 1. The van der Waals surface area contributed by atoms with Gasteiger partial charge in [-0.2, -0.15) is 0 Å². The zero-order valence-corrected chi connectivity index (χ0v) is 16.3. The number of hydrogen-bond donors (Lipinski definition) is 1. The highest BCUT2D eigenvalue weighted by Gasteiger charge is 2.27. The van der Waals surface area contributed by atoms with E-state index >= 15 is 0 Å². The lowest BCUT2D eigenvalue weighted by molar-refractivity contribution is 0.160. The summed E-state index contributed by atoms with van der Waals surface area (Å²) in [5.74, 6) is 0.886. The third-order valence-electron chi connectivity index (χ3n) is 4.61. The Morgan fingerprint density at radius 1 is 1.12 bits per heavy atom. The Bertz CT molecular complexity index is 1030. The molecule has 26 heavy (non-hydrogen) atoms. The normalized spacial score (nSPS) is 14.8. The van der Waals surface area contributed by atoms with Gasteiger partial charge in [-0.25, -0.2) is 4.98 Å². The van der Waals surface area contributed by atoms with Gasteiger partial charge in [0.15, 0.2) is 5.13 Å². The molecule has 0 unspecified atom stereocenters. The monoisotopic (exact) mass is 362 g/mol. The van der Waals surface area contributed by atoms with Crippen molar-refractivity contribution >= 4 is 22.5 Å². The molecule has 0 aliphatic carbocycles. The minimum absolute atomic E-state index is 0.347. The van der Waals surface area contributed by atoms with Crippen LogP contribution >= 0.6 is 11.3 Å². The van der Waals surface area contributed by atoms with Crippen LogP contribution in [0.15, 0.2) is 42.5 Å². The predicted molar refractivity (Wildman–Crippen MR) is 111 cm³/mol. The smallest absolute Gasteiger partial charge is 0.181 e. The van der Waals surface area contributed by atoms with Crippen molar-refractivity contribution in [3.05, 3.63) is 59.2 Å². The number of nitrogens with zero attached hydrogens (tertiary/aromatic N) is 1. The van der Waals surface area contributed by atoms with Crippen molar-refractivity contribution in [2.24, 2.45) is 0 Å². The fraction of sp³-hybridized carbons (Fsp3) is 0.227. The number of benzene rings is 2. The fourth-order valence-corrected chi connectivity index (χ4v) is 4.13. The second-order valence-corrected chi connectivity index (χ2v) is 8.34. The number of nitrogen functional groups attached to an aromatic ring is 1. The van der Waals surface area contributed by atoms with E-state index in [0.717, 1.165) is 33.0 Å². The van der Waals surface area contributed by atoms with Gasteiger partial charge in [0, 0.05) is 11.1 Å². The van der Waals surface area contributed by atoms with Crippen molar-refractivity contribution in [2.75, 3.05) is 5.73 Å². The molecule has 0 saturated heterocycles. The Hall–Kier alpha value is -2.59. The lowest BCUT2D eigenvalue weighted by Crippen LogP contribution is -2.28. The molecule has 0 amide bonds. The highest BCUT2D eigenvalue weighted by atomic mass is 32.1. The predicted octanol–water partition coefficient (Wildman–Crippen LogP) is 5.86. The average molecular weight is 362 g/mol. The molecule has 2 heterocycles. The zero-order chi connectivity index (χ0) is 18.5. The maximum Gasteiger partial charge on any atom is 0.181 e. The van der Waals surface area contributed by atoms with Gasteiger partial charge >= 0.3 is 0 Å². The Labute approximate surface area is 158 Å². The van der Waals surface area contributed by atoms with Crippen molar-refractivity contribution in [3.63, 3.8) is 0 Å². The van der Waals surface area contributed by atoms with Crippen LogP contribution in [0.2, 0.25) is 0 Å². The van der Waals surface area contributed by atoms with Gasteiger partial charge in [-0.05, 0) is 51.0 Å².